The summed E-state index contributed by atoms with van der Waals surface area (Å²) in [5.74, 6) is 0. The van der Waals surface area contributed by atoms with Gasteiger partial charge in [0.2, 0.25) is 0 Å². The lowest BCUT2D eigenvalue weighted by Gasteiger charge is -2.24. The molecule has 0 aliphatic carbocycles. The molecular weight excluding hydrogens is 300 g/mol. The largest absolute Gasteiger partial charge is 0.315 e. The standard InChI is InChI=1S/C14H12Cl2NOP/c1-19(18)14-5-3-2-4-10(14)9-17(19)11-6-7-12(15)13(16)8-11/h2-8H,9H2,1H3. The van der Waals surface area contributed by atoms with E-state index in [4.69, 9.17) is 23.2 Å². The summed E-state index contributed by atoms with van der Waals surface area (Å²) in [7, 11) is -2.57. The van der Waals surface area contributed by atoms with Crippen molar-refractivity contribution >= 4 is 41.5 Å². The smallest absolute Gasteiger partial charge is 0.198 e. The molecule has 2 nitrogen and oxygen atoms in total. The van der Waals surface area contributed by atoms with Crippen LogP contribution in [0.5, 0.6) is 0 Å². The van der Waals surface area contributed by atoms with E-state index in [1.165, 1.54) is 0 Å². The highest BCUT2D eigenvalue weighted by Crippen LogP contribution is 2.53. The average Bonchev–Trinajstić information content (AvgIpc) is 2.66. The van der Waals surface area contributed by atoms with E-state index in [-0.39, 0.29) is 0 Å². The maximum absolute atomic E-state index is 13.0. The molecule has 3 rings (SSSR count). The van der Waals surface area contributed by atoms with Gasteiger partial charge in [0.15, 0.2) is 7.29 Å². The Hall–Kier alpha value is -0.950. The van der Waals surface area contributed by atoms with Crippen LogP contribution in [0.15, 0.2) is 42.5 Å². The second kappa shape index (κ2) is 4.56. The van der Waals surface area contributed by atoms with Gasteiger partial charge >= 0.3 is 0 Å². The molecule has 0 saturated carbocycles. The number of halogens is 2. The van der Waals surface area contributed by atoms with Crippen molar-refractivity contribution in [1.29, 1.82) is 0 Å². The molecule has 0 amide bonds. The number of benzene rings is 2. The van der Waals surface area contributed by atoms with Crippen molar-refractivity contribution in [3.8, 4) is 0 Å². The summed E-state index contributed by atoms with van der Waals surface area (Å²) in [6.45, 7) is 2.43. The Kier molecular flexibility index (Phi) is 3.13. The molecule has 0 aromatic heterocycles. The zero-order chi connectivity index (χ0) is 13.6. The fraction of sp³-hybridized carbons (Fsp3) is 0.143. The van der Waals surface area contributed by atoms with Gasteiger partial charge in [-0.25, -0.2) is 0 Å². The minimum atomic E-state index is -2.57. The second-order valence-electron chi connectivity index (χ2n) is 4.66. The van der Waals surface area contributed by atoms with Gasteiger partial charge in [-0.05, 0) is 29.8 Å². The van der Waals surface area contributed by atoms with Gasteiger partial charge in [-0.3, -0.25) is 4.57 Å². The summed E-state index contributed by atoms with van der Waals surface area (Å²) < 4.78 is 14.9. The van der Waals surface area contributed by atoms with Crippen molar-refractivity contribution in [2.45, 2.75) is 6.54 Å². The maximum atomic E-state index is 13.0. The lowest BCUT2D eigenvalue weighted by molar-refractivity contribution is 0.583. The number of fused-ring (bicyclic) bond motifs is 1. The highest BCUT2D eigenvalue weighted by Gasteiger charge is 2.36. The molecule has 0 radical (unpaired) electrons. The van der Waals surface area contributed by atoms with E-state index in [1.807, 2.05) is 35.0 Å². The molecule has 1 heterocycles. The van der Waals surface area contributed by atoms with Crippen molar-refractivity contribution in [1.82, 2.24) is 0 Å². The Morgan fingerprint density at radius 1 is 1.11 bits per heavy atom. The van der Waals surface area contributed by atoms with E-state index >= 15 is 0 Å². The molecule has 0 bridgehead atoms. The van der Waals surface area contributed by atoms with Crippen molar-refractivity contribution in [3.63, 3.8) is 0 Å². The Morgan fingerprint density at radius 2 is 1.84 bits per heavy atom. The Bertz CT molecular complexity index is 702. The summed E-state index contributed by atoms with van der Waals surface area (Å²) in [5.41, 5.74) is 1.95. The highest BCUT2D eigenvalue weighted by molar-refractivity contribution is 7.72. The first-order chi connectivity index (χ1) is 9.00. The van der Waals surface area contributed by atoms with E-state index in [1.54, 1.807) is 18.8 Å². The van der Waals surface area contributed by atoms with Crippen LogP contribution in [0.3, 0.4) is 0 Å². The van der Waals surface area contributed by atoms with E-state index in [9.17, 15) is 4.57 Å². The molecule has 2 aromatic rings. The second-order valence-corrected chi connectivity index (χ2v) is 8.20. The first kappa shape index (κ1) is 13.1. The number of hydrogen-bond donors (Lipinski definition) is 0. The molecule has 0 fully saturated rings. The summed E-state index contributed by atoms with van der Waals surface area (Å²) in [6.07, 6.45) is 0. The van der Waals surface area contributed by atoms with Gasteiger partial charge < -0.3 is 4.67 Å². The Labute approximate surface area is 122 Å². The van der Waals surface area contributed by atoms with E-state index < -0.39 is 7.29 Å². The minimum absolute atomic E-state index is 0.482. The number of rotatable bonds is 1. The van der Waals surface area contributed by atoms with Crippen molar-refractivity contribution in [2.24, 2.45) is 0 Å². The molecule has 5 heteroatoms. The topological polar surface area (TPSA) is 20.3 Å². The number of anilines is 1. The molecule has 19 heavy (non-hydrogen) atoms. The van der Waals surface area contributed by atoms with E-state index in [0.717, 1.165) is 16.6 Å². The molecule has 1 aliphatic rings. The third kappa shape index (κ3) is 2.08. The molecule has 2 aromatic carbocycles. The van der Waals surface area contributed by atoms with Crippen LogP contribution < -0.4 is 9.97 Å². The van der Waals surface area contributed by atoms with Gasteiger partial charge in [-0.1, -0.05) is 41.4 Å². The molecule has 98 valence electrons. The fourth-order valence-electron chi connectivity index (χ4n) is 2.43. The maximum Gasteiger partial charge on any atom is 0.198 e. The van der Waals surface area contributed by atoms with Crippen LogP contribution >= 0.6 is 30.5 Å². The van der Waals surface area contributed by atoms with Crippen molar-refractivity contribution in [3.05, 3.63) is 58.1 Å². The normalized spacial score (nSPS) is 21.5. The SMILES string of the molecule is CP1(=O)c2ccccc2CN1c1ccc(Cl)c(Cl)c1. The molecular formula is C14H12Cl2NOP. The molecule has 1 aliphatic heterocycles. The van der Waals surface area contributed by atoms with Crippen molar-refractivity contribution in [2.75, 3.05) is 11.3 Å². The molecule has 1 atom stereocenters. The highest BCUT2D eigenvalue weighted by atomic mass is 35.5. The van der Waals surface area contributed by atoms with Gasteiger partial charge in [-0.15, -0.1) is 0 Å². The predicted molar refractivity (Wildman–Crippen MR) is 82.3 cm³/mol. The predicted octanol–water partition coefficient (Wildman–Crippen LogP) is 4.55. The minimum Gasteiger partial charge on any atom is -0.315 e. The first-order valence-electron chi connectivity index (χ1n) is 5.89. The van der Waals surface area contributed by atoms with Gasteiger partial charge in [0.1, 0.15) is 0 Å². The average molecular weight is 312 g/mol. The summed E-state index contributed by atoms with van der Waals surface area (Å²) >= 11 is 12.0. The lowest BCUT2D eigenvalue weighted by atomic mass is 10.2. The van der Waals surface area contributed by atoms with Crippen LogP contribution in [0, 0.1) is 0 Å². The summed E-state index contributed by atoms with van der Waals surface area (Å²) in [5, 5.41) is 1.92. The summed E-state index contributed by atoms with van der Waals surface area (Å²) in [4.78, 5) is 0. The quantitative estimate of drug-likeness (QED) is 0.720. The van der Waals surface area contributed by atoms with Gasteiger partial charge in [0, 0.05) is 17.7 Å². The third-order valence-electron chi connectivity index (χ3n) is 3.42. The first-order valence-corrected chi connectivity index (χ1v) is 8.75. The van der Waals surface area contributed by atoms with Crippen LogP contribution in [-0.4, -0.2) is 6.66 Å². The summed E-state index contributed by atoms with van der Waals surface area (Å²) in [6, 6.07) is 13.2. The number of hydrogen-bond acceptors (Lipinski definition) is 1. The van der Waals surface area contributed by atoms with Gasteiger partial charge in [-0.2, -0.15) is 0 Å². The molecule has 1 unspecified atom stereocenters. The third-order valence-corrected chi connectivity index (χ3v) is 6.78. The Balaban J connectivity index is 2.09. The monoisotopic (exact) mass is 311 g/mol. The molecule has 0 saturated heterocycles. The Morgan fingerprint density at radius 3 is 2.53 bits per heavy atom. The lowest BCUT2D eigenvalue weighted by Crippen LogP contribution is -2.14. The van der Waals surface area contributed by atoms with Gasteiger partial charge in [0.05, 0.1) is 16.6 Å². The molecule has 0 spiro atoms. The van der Waals surface area contributed by atoms with Gasteiger partial charge in [0.25, 0.3) is 0 Å². The number of nitrogens with zero attached hydrogens (tertiary/aromatic N) is 1. The van der Waals surface area contributed by atoms with Crippen LogP contribution in [0.25, 0.3) is 0 Å². The van der Waals surface area contributed by atoms with Crippen LogP contribution in [0.2, 0.25) is 10.0 Å². The van der Waals surface area contributed by atoms with E-state index in [0.29, 0.717) is 16.6 Å². The fourth-order valence-corrected chi connectivity index (χ4v) is 5.01. The van der Waals surface area contributed by atoms with Crippen LogP contribution in [0.4, 0.5) is 5.69 Å². The zero-order valence-electron chi connectivity index (χ0n) is 10.3. The zero-order valence-corrected chi connectivity index (χ0v) is 12.7. The van der Waals surface area contributed by atoms with Crippen LogP contribution in [-0.2, 0) is 11.1 Å². The van der Waals surface area contributed by atoms with E-state index in [2.05, 4.69) is 0 Å². The molecule has 0 N–H and O–H groups in total. The van der Waals surface area contributed by atoms with Crippen molar-refractivity contribution < 1.29 is 4.57 Å². The van der Waals surface area contributed by atoms with Crippen LogP contribution in [0.1, 0.15) is 5.56 Å².